The zero-order valence-electron chi connectivity index (χ0n) is 9.41. The zero-order chi connectivity index (χ0) is 13.0. The van der Waals surface area contributed by atoms with E-state index in [1.807, 2.05) is 0 Å². The Balaban J connectivity index is 2.09. The lowest BCUT2D eigenvalue weighted by Crippen LogP contribution is -2.23. The summed E-state index contributed by atoms with van der Waals surface area (Å²) in [6.45, 7) is 0.0696. The van der Waals surface area contributed by atoms with E-state index in [1.165, 1.54) is 23.5 Å². The van der Waals surface area contributed by atoms with E-state index in [1.54, 1.807) is 23.0 Å². The van der Waals surface area contributed by atoms with Crippen LogP contribution in [0.1, 0.15) is 11.3 Å². The number of nitrogens with zero attached hydrogens (tertiary/aromatic N) is 1. The number of sulfonamides is 1. The molecule has 0 spiro atoms. The van der Waals surface area contributed by atoms with Gasteiger partial charge in [-0.2, -0.15) is 0 Å². The first-order chi connectivity index (χ1) is 8.62. The van der Waals surface area contributed by atoms with Crippen LogP contribution in [-0.2, 0) is 23.2 Å². The van der Waals surface area contributed by atoms with Crippen molar-refractivity contribution in [1.82, 2.24) is 9.71 Å². The summed E-state index contributed by atoms with van der Waals surface area (Å²) in [6, 6.07) is 6.10. The average molecular weight is 284 g/mol. The van der Waals surface area contributed by atoms with E-state index in [4.69, 9.17) is 5.11 Å². The SMILES string of the molecule is O=S(=O)(NCc1cscn1)c1ccc(CO)cc1. The Hall–Kier alpha value is -1.28. The molecule has 0 saturated heterocycles. The van der Waals surface area contributed by atoms with Crippen LogP contribution < -0.4 is 4.72 Å². The summed E-state index contributed by atoms with van der Waals surface area (Å²) in [5, 5.41) is 10.7. The van der Waals surface area contributed by atoms with Gasteiger partial charge in [-0.3, -0.25) is 0 Å². The lowest BCUT2D eigenvalue weighted by atomic mass is 10.2. The van der Waals surface area contributed by atoms with Crippen LogP contribution in [0, 0.1) is 0 Å². The first-order valence-electron chi connectivity index (χ1n) is 5.18. The first-order valence-corrected chi connectivity index (χ1v) is 7.61. The molecular formula is C11H12N2O3S2. The molecule has 1 aromatic carbocycles. The van der Waals surface area contributed by atoms with Gasteiger partial charge in [-0.1, -0.05) is 12.1 Å². The number of hydrogen-bond acceptors (Lipinski definition) is 5. The van der Waals surface area contributed by atoms with Gasteiger partial charge >= 0.3 is 0 Å². The van der Waals surface area contributed by atoms with Crippen LogP contribution in [0.2, 0.25) is 0 Å². The molecule has 1 heterocycles. The van der Waals surface area contributed by atoms with Crippen molar-refractivity contribution in [2.75, 3.05) is 0 Å². The maximum atomic E-state index is 11.9. The molecular weight excluding hydrogens is 272 g/mol. The third-order valence-corrected chi connectivity index (χ3v) is 4.40. The molecule has 0 atom stereocenters. The molecule has 0 aliphatic carbocycles. The van der Waals surface area contributed by atoms with Crippen molar-refractivity contribution in [3.63, 3.8) is 0 Å². The van der Waals surface area contributed by atoms with E-state index in [0.717, 1.165) is 0 Å². The normalized spacial score (nSPS) is 11.6. The van der Waals surface area contributed by atoms with Crippen molar-refractivity contribution >= 4 is 21.4 Å². The molecule has 5 nitrogen and oxygen atoms in total. The number of rotatable bonds is 5. The van der Waals surface area contributed by atoms with Crippen molar-refractivity contribution in [3.05, 3.63) is 46.4 Å². The predicted molar refractivity (Wildman–Crippen MR) is 68.5 cm³/mol. The molecule has 0 aliphatic rings. The Labute approximate surface area is 109 Å². The lowest BCUT2D eigenvalue weighted by molar-refractivity contribution is 0.282. The highest BCUT2D eigenvalue weighted by molar-refractivity contribution is 7.89. The van der Waals surface area contributed by atoms with Gasteiger partial charge in [0.05, 0.1) is 29.3 Å². The molecule has 0 amide bonds. The number of aliphatic hydroxyl groups excluding tert-OH is 1. The summed E-state index contributed by atoms with van der Waals surface area (Å²) in [7, 11) is -3.53. The smallest absolute Gasteiger partial charge is 0.240 e. The minimum absolute atomic E-state index is 0.105. The fraction of sp³-hybridized carbons (Fsp3) is 0.182. The summed E-state index contributed by atoms with van der Waals surface area (Å²) in [6.07, 6.45) is 0. The molecule has 0 saturated carbocycles. The van der Waals surface area contributed by atoms with Crippen molar-refractivity contribution in [1.29, 1.82) is 0 Å². The van der Waals surface area contributed by atoms with Crippen LogP contribution in [0.4, 0.5) is 0 Å². The maximum absolute atomic E-state index is 11.9. The lowest BCUT2D eigenvalue weighted by Gasteiger charge is -2.05. The van der Waals surface area contributed by atoms with Crippen molar-refractivity contribution in [3.8, 4) is 0 Å². The molecule has 7 heteroatoms. The van der Waals surface area contributed by atoms with Crippen molar-refractivity contribution < 1.29 is 13.5 Å². The van der Waals surface area contributed by atoms with Crippen LogP contribution >= 0.6 is 11.3 Å². The molecule has 18 heavy (non-hydrogen) atoms. The second-order valence-corrected chi connectivity index (χ2v) is 6.09. The summed E-state index contributed by atoms with van der Waals surface area (Å²) in [4.78, 5) is 4.17. The topological polar surface area (TPSA) is 79.3 Å². The standard InChI is InChI=1S/C11H12N2O3S2/c14-6-9-1-3-11(4-2-9)18(15,16)13-5-10-7-17-8-12-10/h1-4,7-8,13-14H,5-6H2. The highest BCUT2D eigenvalue weighted by Crippen LogP contribution is 2.11. The Kier molecular flexibility index (Phi) is 4.07. The fourth-order valence-corrected chi connectivity index (χ4v) is 2.91. The predicted octanol–water partition coefficient (Wildman–Crippen LogP) is 1.11. The highest BCUT2D eigenvalue weighted by atomic mass is 32.2. The largest absolute Gasteiger partial charge is 0.392 e. The van der Waals surface area contributed by atoms with Gasteiger partial charge in [0.1, 0.15) is 0 Å². The van der Waals surface area contributed by atoms with Gasteiger partial charge in [0.2, 0.25) is 10.0 Å². The minimum atomic E-state index is -3.53. The maximum Gasteiger partial charge on any atom is 0.240 e. The number of hydrogen-bond donors (Lipinski definition) is 2. The Morgan fingerprint density at radius 1 is 1.28 bits per heavy atom. The molecule has 2 N–H and O–H groups in total. The van der Waals surface area contributed by atoms with Gasteiger partial charge in [0.25, 0.3) is 0 Å². The molecule has 1 aromatic heterocycles. The Bertz CT molecular complexity index is 592. The van der Waals surface area contributed by atoms with E-state index in [0.29, 0.717) is 11.3 Å². The Morgan fingerprint density at radius 2 is 2.00 bits per heavy atom. The van der Waals surface area contributed by atoms with E-state index >= 15 is 0 Å². The first kappa shape index (κ1) is 13.2. The van der Waals surface area contributed by atoms with E-state index in [2.05, 4.69) is 9.71 Å². The van der Waals surface area contributed by atoms with E-state index in [-0.39, 0.29) is 18.0 Å². The van der Waals surface area contributed by atoms with Gasteiger partial charge in [-0.15, -0.1) is 11.3 Å². The molecule has 0 aliphatic heterocycles. The monoisotopic (exact) mass is 284 g/mol. The number of aliphatic hydroxyl groups is 1. The van der Waals surface area contributed by atoms with Crippen LogP contribution in [0.5, 0.6) is 0 Å². The number of benzene rings is 1. The van der Waals surface area contributed by atoms with Crippen LogP contribution in [-0.4, -0.2) is 18.5 Å². The van der Waals surface area contributed by atoms with Gasteiger partial charge in [-0.05, 0) is 17.7 Å². The molecule has 96 valence electrons. The number of thiazole rings is 1. The number of aromatic nitrogens is 1. The van der Waals surface area contributed by atoms with Gasteiger partial charge in [-0.25, -0.2) is 18.1 Å². The Morgan fingerprint density at radius 3 is 2.56 bits per heavy atom. The van der Waals surface area contributed by atoms with Gasteiger partial charge in [0, 0.05) is 5.38 Å². The molecule has 2 aromatic rings. The van der Waals surface area contributed by atoms with Crippen molar-refractivity contribution in [2.45, 2.75) is 18.0 Å². The molecule has 0 bridgehead atoms. The second-order valence-electron chi connectivity index (χ2n) is 3.61. The number of nitrogens with one attached hydrogen (secondary N) is 1. The van der Waals surface area contributed by atoms with E-state index < -0.39 is 10.0 Å². The molecule has 2 rings (SSSR count). The quantitative estimate of drug-likeness (QED) is 0.862. The average Bonchev–Trinajstić information content (AvgIpc) is 2.90. The van der Waals surface area contributed by atoms with Gasteiger partial charge < -0.3 is 5.11 Å². The van der Waals surface area contributed by atoms with E-state index in [9.17, 15) is 8.42 Å². The summed E-state index contributed by atoms with van der Waals surface area (Å²) < 4.78 is 26.3. The third kappa shape index (κ3) is 3.14. The minimum Gasteiger partial charge on any atom is -0.392 e. The summed E-state index contributed by atoms with van der Waals surface area (Å²) in [5.41, 5.74) is 3.02. The van der Waals surface area contributed by atoms with Gasteiger partial charge in [0.15, 0.2) is 0 Å². The third-order valence-electron chi connectivity index (χ3n) is 2.34. The summed E-state index contributed by atoms with van der Waals surface area (Å²) in [5.74, 6) is 0. The molecule has 0 fully saturated rings. The highest BCUT2D eigenvalue weighted by Gasteiger charge is 2.13. The molecule has 0 unspecified atom stereocenters. The van der Waals surface area contributed by atoms with Crippen LogP contribution in [0.15, 0.2) is 40.1 Å². The zero-order valence-corrected chi connectivity index (χ0v) is 11.0. The van der Waals surface area contributed by atoms with Crippen LogP contribution in [0.25, 0.3) is 0 Å². The van der Waals surface area contributed by atoms with Crippen LogP contribution in [0.3, 0.4) is 0 Å². The van der Waals surface area contributed by atoms with Crippen molar-refractivity contribution in [2.24, 2.45) is 0 Å². The molecule has 0 radical (unpaired) electrons. The second kappa shape index (κ2) is 5.57. The fourth-order valence-electron chi connectivity index (χ4n) is 1.35. The summed E-state index contributed by atoms with van der Waals surface area (Å²) >= 11 is 1.42.